The van der Waals surface area contributed by atoms with Gasteiger partial charge in [0.2, 0.25) is 6.39 Å². The van der Waals surface area contributed by atoms with Crippen molar-refractivity contribution in [3.05, 3.63) is 131 Å². The minimum Gasteiger partial charge on any atom is -0.365 e. The summed E-state index contributed by atoms with van der Waals surface area (Å²) in [6, 6.07) is 1.89. The molecule has 1 aliphatic heterocycles. The lowest BCUT2D eigenvalue weighted by molar-refractivity contribution is 0.386. The number of anilines is 1. The molecule has 0 amide bonds. The second-order valence-corrected chi connectivity index (χ2v) is 9.90. The molecule has 10 heterocycles. The summed E-state index contributed by atoms with van der Waals surface area (Å²) in [7, 11) is 3.57. The van der Waals surface area contributed by atoms with Gasteiger partial charge in [-0.15, -0.1) is 10.2 Å². The number of nitrogens with two attached hydrogens (primary N) is 1. The van der Waals surface area contributed by atoms with Crippen LogP contribution in [-0.4, -0.2) is 124 Å². The highest BCUT2D eigenvalue weighted by Crippen LogP contribution is 1.97. The predicted molar refractivity (Wildman–Crippen MR) is 380 cm³/mol. The van der Waals surface area contributed by atoms with Crippen LogP contribution >= 0.6 is 0 Å². The van der Waals surface area contributed by atoms with Crippen LogP contribution in [0.1, 0.15) is 237 Å². The van der Waals surface area contributed by atoms with Crippen molar-refractivity contribution in [2.24, 2.45) is 14.1 Å². The summed E-state index contributed by atoms with van der Waals surface area (Å²) in [4.78, 5) is 51.6. The Morgan fingerprint density at radius 1 is 0.557 bits per heavy atom. The van der Waals surface area contributed by atoms with Crippen LogP contribution < -0.4 is 28.2 Å². The average Bonchev–Trinajstić information content (AvgIpc) is 4.34. The summed E-state index contributed by atoms with van der Waals surface area (Å²) < 4.78 is 16.2. The second kappa shape index (κ2) is 143. The van der Waals surface area contributed by atoms with E-state index in [9.17, 15) is 14.4 Å². The fourth-order valence-corrected chi connectivity index (χ4v) is 2.83. The molecule has 9 aromatic heterocycles. The van der Waals surface area contributed by atoms with Gasteiger partial charge in [-0.3, -0.25) is 24.2 Å². The first-order valence-corrected chi connectivity index (χ1v) is 26.2. The minimum absolute atomic E-state index is 0. The lowest BCUT2D eigenvalue weighted by Crippen LogP contribution is -2.11. The normalized spacial score (nSPS) is 7.27. The fraction of sp³-hybridized carbons (Fsp3) is 0.655. The highest BCUT2D eigenvalue weighted by Gasteiger charge is 1.93. The summed E-state index contributed by atoms with van der Waals surface area (Å²) in [5, 5.41) is 42.4. The second-order valence-electron chi connectivity index (χ2n) is 9.90. The highest BCUT2D eigenvalue weighted by molar-refractivity contribution is 5.06. The Hall–Kier alpha value is -8.44. The van der Waals surface area contributed by atoms with Gasteiger partial charge in [0, 0.05) is 44.9 Å². The highest BCUT2D eigenvalue weighted by atomic mass is 16.5. The van der Waals surface area contributed by atoms with E-state index < -0.39 is 5.76 Å². The number of aromatic amines is 7. The van der Waals surface area contributed by atoms with Crippen molar-refractivity contribution >= 4 is 5.95 Å². The molecule has 0 unspecified atom stereocenters. The summed E-state index contributed by atoms with van der Waals surface area (Å²) in [5.74, 6) is 0.530. The van der Waals surface area contributed by atoms with Crippen LogP contribution in [0.3, 0.4) is 0 Å². The van der Waals surface area contributed by atoms with Crippen molar-refractivity contribution in [1.29, 1.82) is 0 Å². The maximum Gasteiger partial charge on any atom is 0.438 e. The Labute approximate surface area is 537 Å². The molecule has 9 aromatic rings. The topological polar surface area (TPSA) is 417 Å². The van der Waals surface area contributed by atoms with Gasteiger partial charge in [0.15, 0.2) is 6.33 Å². The Kier molecular flexibility index (Phi) is 224. The fourth-order valence-electron chi connectivity index (χ4n) is 2.83. The van der Waals surface area contributed by atoms with Gasteiger partial charge in [0.1, 0.15) is 37.4 Å². The van der Waals surface area contributed by atoms with E-state index >= 15 is 0 Å². The standard InChI is InChI=1S/C5H7NO.C4H6N2.C4H9N.C3H5N3O.C3H4N2.2C2H3N3O.C2H3N3.C2H2N2O2.10C2H6.CH2N4.10CH4/c1-4-3-5(2)7-6-4;1-6-3-2-5-4-6;1-2-4-5-3-1;1-6-2-4-5-3(6)7;1-2-5-3-4-1;3-2-4-1-6-5-2;6-2-3-1-4-5-2;1-3-2-5-4-1;5-2-3-1-4-6-2;10*1-2;1-2-4-5-3-1;;;;;;;;;;/h3H,1-2H3;2-4H,1H3;5H,1-4H2;2H,1H3,(H,5,7);1-3H,(H,4,5);1H,(H2,3,5);1H,(H2,3,4,5,6);1-2H,(H,3,4,5);1H,(H,3,4,5);10*1-2H3;1H,(H,2,3,4,5);10*1H4. The molecule has 0 aliphatic carbocycles. The lowest BCUT2D eigenvalue weighted by Gasteiger charge is -1.76. The third kappa shape index (κ3) is 133. The van der Waals surface area contributed by atoms with Crippen LogP contribution in [0.5, 0.6) is 0 Å². The predicted octanol–water partition coefficient (Wildman–Crippen LogP) is 15.3. The first kappa shape index (κ1) is 138. The van der Waals surface area contributed by atoms with Crippen LogP contribution in [-0.2, 0) is 14.1 Å². The monoisotopic (exact) mass is 1270 g/mol. The number of tetrazole rings is 1. The molecular weight excluding hydrogens is 1130 g/mol. The number of hydrogen-bond donors (Lipinski definition) is 9. The van der Waals surface area contributed by atoms with E-state index in [0.717, 1.165) is 11.5 Å². The molecule has 30 nitrogen and oxygen atoms in total. The molecule has 1 fully saturated rings. The zero-order valence-electron chi connectivity index (χ0n) is 51.6. The van der Waals surface area contributed by atoms with Crippen molar-refractivity contribution in [2.45, 2.75) is 239 Å². The number of rotatable bonds is 0. The average molecular weight is 1270 g/mol. The first-order valence-electron chi connectivity index (χ1n) is 26.2. The van der Waals surface area contributed by atoms with Crippen molar-refractivity contribution in [3.8, 4) is 0 Å². The Morgan fingerprint density at radius 2 is 1.10 bits per heavy atom. The molecule has 1 aliphatic rings. The molecule has 88 heavy (non-hydrogen) atoms. The number of nitrogen functional groups attached to an aromatic ring is 1. The number of aryl methyl sites for hydroxylation is 4. The number of H-pyrrole nitrogens is 7. The quantitative estimate of drug-likeness (QED) is 0.0681. The Morgan fingerprint density at radius 3 is 1.22 bits per heavy atom. The molecule has 0 bridgehead atoms. The zero-order valence-corrected chi connectivity index (χ0v) is 51.6. The molecule has 0 atom stereocenters. The van der Waals surface area contributed by atoms with Crippen molar-refractivity contribution in [3.63, 3.8) is 0 Å². The Balaban J connectivity index is -0.0000000311. The van der Waals surface area contributed by atoms with Crippen LogP contribution in [0.2, 0.25) is 0 Å². The lowest BCUT2D eigenvalue weighted by atomic mass is 10.4. The van der Waals surface area contributed by atoms with Crippen molar-refractivity contribution < 1.29 is 13.6 Å². The van der Waals surface area contributed by atoms with Gasteiger partial charge in [-0.25, -0.2) is 39.5 Å². The van der Waals surface area contributed by atoms with Gasteiger partial charge in [-0.05, 0) is 44.9 Å². The molecule has 532 valence electrons. The number of hydrogen-bond acceptors (Lipinski definition) is 21. The Bertz CT molecular complexity index is 1980. The van der Waals surface area contributed by atoms with Gasteiger partial charge in [0.25, 0.3) is 5.95 Å². The van der Waals surface area contributed by atoms with E-state index in [2.05, 4.69) is 116 Å². The third-order valence-electron chi connectivity index (χ3n) is 5.23. The van der Waals surface area contributed by atoms with E-state index in [1.165, 1.54) is 74.9 Å². The molecule has 10 N–H and O–H groups in total. The third-order valence-corrected chi connectivity index (χ3v) is 5.23. The summed E-state index contributed by atoms with van der Waals surface area (Å²) in [6.45, 7) is 46.3. The number of nitrogens with zero attached hydrogens (tertiary/aromatic N) is 15. The molecule has 0 radical (unpaired) electrons. The van der Waals surface area contributed by atoms with Gasteiger partial charge in [-0.2, -0.15) is 25.5 Å². The summed E-state index contributed by atoms with van der Waals surface area (Å²) in [6.07, 6.45) is 22.6. The van der Waals surface area contributed by atoms with E-state index in [4.69, 9.17) is 10.3 Å². The minimum atomic E-state index is -0.519. The smallest absolute Gasteiger partial charge is 0.365 e. The van der Waals surface area contributed by atoms with E-state index in [-0.39, 0.29) is 91.6 Å². The summed E-state index contributed by atoms with van der Waals surface area (Å²) >= 11 is 0. The molecule has 0 spiro atoms. The maximum absolute atomic E-state index is 10.3. The molecular formula is C58H144N24O6. The van der Waals surface area contributed by atoms with Crippen LogP contribution in [0.25, 0.3) is 0 Å². The maximum atomic E-state index is 10.3. The molecule has 10 rings (SSSR count). The van der Waals surface area contributed by atoms with Gasteiger partial charge in [0.05, 0.1) is 18.3 Å². The molecule has 0 saturated carbocycles. The number of aromatic nitrogens is 22. The van der Waals surface area contributed by atoms with E-state index in [0.29, 0.717) is 0 Å². The van der Waals surface area contributed by atoms with Crippen molar-refractivity contribution in [1.82, 2.24) is 116 Å². The molecule has 0 aromatic carbocycles. The van der Waals surface area contributed by atoms with Crippen molar-refractivity contribution in [2.75, 3.05) is 18.8 Å². The first-order chi connectivity index (χ1) is 38.2. The molecule has 1 saturated heterocycles. The van der Waals surface area contributed by atoms with E-state index in [1.54, 1.807) is 38.3 Å². The van der Waals surface area contributed by atoms with Crippen LogP contribution in [0.15, 0.2) is 116 Å². The van der Waals surface area contributed by atoms with Crippen LogP contribution in [0, 0.1) is 13.8 Å². The number of nitrogens with one attached hydrogen (secondary N) is 8. The largest absolute Gasteiger partial charge is 0.438 e. The number of imidazole rings is 2. The SMILES string of the molecule is C.C.C.C.C.C.C.C.C.C.C1CCNC1.CC.CC.CC.CC.CC.CC.CC.CC.CC.CC.Cc1cc(C)on1.Cn1ccnc1.Cn1cn[nH]c1=O.Nc1ncon1.O=c1[nH]cn[nH]1.O=c1[nH]cno1.c1c[nH]cn1.c1nc[nH]n1.c1nn[nH]n1. The molecule has 30 heteroatoms. The zero-order chi connectivity index (χ0) is 62.3. The van der Waals surface area contributed by atoms with Gasteiger partial charge in [-0.1, -0.05) is 228 Å². The van der Waals surface area contributed by atoms with Crippen LogP contribution in [0.4, 0.5) is 5.95 Å². The van der Waals surface area contributed by atoms with E-state index in [1.807, 2.05) is 176 Å². The summed E-state index contributed by atoms with van der Waals surface area (Å²) in [5.41, 5.74) is 5.45. The van der Waals surface area contributed by atoms with Gasteiger partial charge >= 0.3 is 17.1 Å². The van der Waals surface area contributed by atoms with Gasteiger partial charge < -0.3 is 29.6 Å².